The topological polar surface area (TPSA) is 116 Å². The van der Waals surface area contributed by atoms with E-state index in [-0.39, 0.29) is 43.3 Å². The normalized spacial score (nSPS) is 12.4. The van der Waals surface area contributed by atoms with E-state index in [9.17, 15) is 18.0 Å². The number of hydrogen-bond donors (Lipinski definition) is 0. The van der Waals surface area contributed by atoms with Crippen LogP contribution < -0.4 is 4.80 Å². The minimum atomic E-state index is -3.82. The smallest absolute Gasteiger partial charge is 0.325 e. The molecule has 0 aliphatic carbocycles. The van der Waals surface area contributed by atoms with Gasteiger partial charge in [-0.25, -0.2) is 8.42 Å². The number of carbonyl (C=O) groups is 2. The molecule has 1 heterocycles. The number of nitrogens with zero attached hydrogens (tertiary/aromatic N) is 3. The van der Waals surface area contributed by atoms with Crippen molar-refractivity contribution in [3.05, 3.63) is 57.3 Å². The zero-order chi connectivity index (χ0) is 26.3. The average molecular weight is 601 g/mol. The largest absolute Gasteiger partial charge is 0.468 e. The number of ether oxygens (including phenoxy) is 3. The Kier molecular flexibility index (Phi) is 9.93. The van der Waals surface area contributed by atoms with Crippen LogP contribution in [0.2, 0.25) is 0 Å². The molecule has 0 atom stereocenters. The minimum absolute atomic E-state index is 0.0405. The van der Waals surface area contributed by atoms with Gasteiger partial charge in [0.15, 0.2) is 4.80 Å². The van der Waals surface area contributed by atoms with Crippen LogP contribution in [0.4, 0.5) is 0 Å². The maximum atomic E-state index is 13.1. The number of amides is 1. The monoisotopic (exact) mass is 599 g/mol. The van der Waals surface area contributed by atoms with Gasteiger partial charge in [0, 0.05) is 37.3 Å². The molecule has 13 heteroatoms. The Hall–Kier alpha value is -2.42. The lowest BCUT2D eigenvalue weighted by Gasteiger charge is -2.21. The Bertz CT molecular complexity index is 1390. The van der Waals surface area contributed by atoms with Crippen LogP contribution in [-0.4, -0.2) is 76.8 Å². The summed E-state index contributed by atoms with van der Waals surface area (Å²) in [5.74, 6) is -1.05. The fourth-order valence-electron chi connectivity index (χ4n) is 3.29. The van der Waals surface area contributed by atoms with Crippen LogP contribution in [0.25, 0.3) is 10.2 Å². The molecular formula is C23H26BrN3O7S2. The van der Waals surface area contributed by atoms with E-state index in [2.05, 4.69) is 20.9 Å². The van der Waals surface area contributed by atoms with Gasteiger partial charge in [0.05, 0.1) is 35.4 Å². The first-order valence-electron chi connectivity index (χ1n) is 10.7. The van der Waals surface area contributed by atoms with Gasteiger partial charge in [0.2, 0.25) is 10.0 Å². The van der Waals surface area contributed by atoms with Crippen LogP contribution in [0.3, 0.4) is 0 Å². The van der Waals surface area contributed by atoms with E-state index < -0.39 is 21.9 Å². The second-order valence-corrected chi connectivity index (χ2v) is 11.4. The SMILES string of the molecule is COCCN(CCOC)S(=O)(=O)c1ccc(C(=O)N=c2sc3cc(Br)ccc3n2CC(=O)OC)cc1. The maximum absolute atomic E-state index is 13.1. The fourth-order valence-corrected chi connectivity index (χ4v) is 6.27. The second-order valence-electron chi connectivity index (χ2n) is 7.49. The van der Waals surface area contributed by atoms with Gasteiger partial charge < -0.3 is 18.8 Å². The summed E-state index contributed by atoms with van der Waals surface area (Å²) >= 11 is 4.67. The van der Waals surface area contributed by atoms with E-state index in [1.807, 2.05) is 18.2 Å². The van der Waals surface area contributed by atoms with E-state index in [1.54, 1.807) is 4.57 Å². The number of rotatable bonds is 11. The molecule has 3 rings (SSSR count). The molecule has 0 spiro atoms. The summed E-state index contributed by atoms with van der Waals surface area (Å²) in [4.78, 5) is 29.5. The van der Waals surface area contributed by atoms with Crippen LogP contribution >= 0.6 is 27.3 Å². The summed E-state index contributed by atoms with van der Waals surface area (Å²) in [5, 5.41) is 0. The summed E-state index contributed by atoms with van der Waals surface area (Å²) in [6.45, 7) is 0.687. The number of benzene rings is 2. The number of halogens is 1. The highest BCUT2D eigenvalue weighted by Gasteiger charge is 2.24. The predicted octanol–water partition coefficient (Wildman–Crippen LogP) is 2.66. The summed E-state index contributed by atoms with van der Waals surface area (Å²) < 4.78 is 45.5. The van der Waals surface area contributed by atoms with Crippen molar-refractivity contribution in [1.82, 2.24) is 8.87 Å². The molecule has 0 saturated carbocycles. The molecule has 3 aromatic rings. The van der Waals surface area contributed by atoms with Crippen molar-refractivity contribution in [3.8, 4) is 0 Å². The highest BCUT2D eigenvalue weighted by Crippen LogP contribution is 2.23. The summed E-state index contributed by atoms with van der Waals surface area (Å²) in [6.07, 6.45) is 0. The highest BCUT2D eigenvalue weighted by atomic mass is 79.9. The van der Waals surface area contributed by atoms with Crippen molar-refractivity contribution < 1.29 is 32.2 Å². The standard InChI is InChI=1S/C23H26BrN3O7S2/c1-32-12-10-26(11-13-33-2)36(30,31)18-7-4-16(5-8-18)22(29)25-23-27(15-21(28)34-3)19-9-6-17(24)14-20(19)35-23/h4-9,14H,10-13,15H2,1-3H3. The third-order valence-corrected chi connectivity index (χ3v) is 8.63. The van der Waals surface area contributed by atoms with Crippen molar-refractivity contribution in [2.75, 3.05) is 47.6 Å². The van der Waals surface area contributed by atoms with Crippen molar-refractivity contribution in [2.45, 2.75) is 11.4 Å². The van der Waals surface area contributed by atoms with Gasteiger partial charge in [0.25, 0.3) is 5.91 Å². The van der Waals surface area contributed by atoms with Crippen LogP contribution in [-0.2, 0) is 35.6 Å². The molecular weight excluding hydrogens is 574 g/mol. The molecule has 1 amide bonds. The lowest BCUT2D eigenvalue weighted by atomic mass is 10.2. The molecule has 0 fully saturated rings. The van der Waals surface area contributed by atoms with Crippen LogP contribution in [0.5, 0.6) is 0 Å². The lowest BCUT2D eigenvalue weighted by molar-refractivity contribution is -0.141. The van der Waals surface area contributed by atoms with E-state index in [0.29, 0.717) is 4.80 Å². The molecule has 10 nitrogen and oxygen atoms in total. The maximum Gasteiger partial charge on any atom is 0.325 e. The third kappa shape index (κ3) is 6.66. The van der Waals surface area contributed by atoms with Gasteiger partial charge in [0.1, 0.15) is 6.54 Å². The molecule has 0 aliphatic heterocycles. The van der Waals surface area contributed by atoms with Crippen molar-refractivity contribution in [3.63, 3.8) is 0 Å². The molecule has 0 N–H and O–H groups in total. The van der Waals surface area contributed by atoms with Crippen LogP contribution in [0.15, 0.2) is 56.8 Å². The molecule has 194 valence electrons. The molecule has 36 heavy (non-hydrogen) atoms. The van der Waals surface area contributed by atoms with Gasteiger partial charge in [-0.05, 0) is 42.5 Å². The third-order valence-electron chi connectivity index (χ3n) is 5.19. The number of carbonyl (C=O) groups excluding carboxylic acids is 2. The number of esters is 1. The van der Waals surface area contributed by atoms with Crippen molar-refractivity contribution in [2.24, 2.45) is 4.99 Å². The zero-order valence-electron chi connectivity index (χ0n) is 20.0. The van der Waals surface area contributed by atoms with Crippen LogP contribution in [0.1, 0.15) is 10.4 Å². The van der Waals surface area contributed by atoms with Crippen molar-refractivity contribution in [1.29, 1.82) is 0 Å². The van der Waals surface area contributed by atoms with Gasteiger partial charge in [-0.15, -0.1) is 0 Å². The molecule has 0 aliphatic rings. The van der Waals surface area contributed by atoms with Gasteiger partial charge in [-0.1, -0.05) is 27.3 Å². The van der Waals surface area contributed by atoms with E-state index in [4.69, 9.17) is 14.2 Å². The Balaban J connectivity index is 1.93. The Morgan fingerprint density at radius 3 is 2.25 bits per heavy atom. The Morgan fingerprint density at radius 2 is 1.67 bits per heavy atom. The van der Waals surface area contributed by atoms with E-state index in [0.717, 1.165) is 14.7 Å². The van der Waals surface area contributed by atoms with Crippen molar-refractivity contribution >= 4 is 59.4 Å². The highest BCUT2D eigenvalue weighted by molar-refractivity contribution is 9.10. The number of methoxy groups -OCH3 is 3. The summed E-state index contributed by atoms with van der Waals surface area (Å²) in [5.41, 5.74) is 0.936. The summed E-state index contributed by atoms with van der Waals surface area (Å²) in [6, 6.07) is 11.1. The number of fused-ring (bicyclic) bond motifs is 1. The first-order chi connectivity index (χ1) is 17.2. The van der Waals surface area contributed by atoms with E-state index in [1.165, 1.54) is 61.2 Å². The van der Waals surface area contributed by atoms with Gasteiger partial charge >= 0.3 is 5.97 Å². The molecule has 0 radical (unpaired) electrons. The molecule has 2 aromatic carbocycles. The summed E-state index contributed by atoms with van der Waals surface area (Å²) in [7, 11) is 0.462. The lowest BCUT2D eigenvalue weighted by Crippen LogP contribution is -2.36. The predicted molar refractivity (Wildman–Crippen MR) is 138 cm³/mol. The first kappa shape index (κ1) is 28.2. The second kappa shape index (κ2) is 12.7. The van der Waals surface area contributed by atoms with Gasteiger partial charge in [-0.3, -0.25) is 9.59 Å². The number of sulfonamides is 1. The molecule has 0 saturated heterocycles. The molecule has 1 aromatic heterocycles. The first-order valence-corrected chi connectivity index (χ1v) is 13.8. The van der Waals surface area contributed by atoms with E-state index >= 15 is 0 Å². The molecule has 0 unspecified atom stereocenters. The zero-order valence-corrected chi connectivity index (χ0v) is 23.2. The quantitative estimate of drug-likeness (QED) is 0.311. The molecule has 0 bridgehead atoms. The number of hydrogen-bond acceptors (Lipinski definition) is 8. The average Bonchev–Trinajstić information content (AvgIpc) is 3.19. The number of thiazole rings is 1. The van der Waals surface area contributed by atoms with Gasteiger partial charge in [-0.2, -0.15) is 9.30 Å². The number of aromatic nitrogens is 1. The minimum Gasteiger partial charge on any atom is -0.468 e. The van der Waals surface area contributed by atoms with Crippen LogP contribution in [0, 0.1) is 0 Å². The Labute approximate surface area is 221 Å². The Morgan fingerprint density at radius 1 is 1.03 bits per heavy atom. The fraction of sp³-hybridized carbons (Fsp3) is 0.348.